The standard InChI is InChI=1S/C12H26N2O4/c1-10(8-17-4)18-9-11(15)7-13-6-5-12(16)14(2)3/h10-11,13,15H,5-9H2,1-4H3. The molecule has 1 amide bonds. The van der Waals surface area contributed by atoms with Crippen LogP contribution in [0.5, 0.6) is 0 Å². The molecule has 0 saturated carbocycles. The normalized spacial score (nSPS) is 14.3. The Kier molecular flexibility index (Phi) is 9.86. The fourth-order valence-corrected chi connectivity index (χ4v) is 1.30. The van der Waals surface area contributed by atoms with E-state index < -0.39 is 6.10 Å². The number of carbonyl (C=O) groups excluding carboxylic acids is 1. The molecule has 0 heterocycles. The molecule has 2 atom stereocenters. The molecule has 0 aromatic rings. The fourth-order valence-electron chi connectivity index (χ4n) is 1.30. The maximum Gasteiger partial charge on any atom is 0.223 e. The van der Waals surface area contributed by atoms with Crippen molar-refractivity contribution in [1.29, 1.82) is 0 Å². The second-order valence-corrected chi connectivity index (χ2v) is 4.50. The highest BCUT2D eigenvalue weighted by Gasteiger charge is 2.08. The second kappa shape index (κ2) is 10.3. The van der Waals surface area contributed by atoms with E-state index in [2.05, 4.69) is 5.32 Å². The molecule has 18 heavy (non-hydrogen) atoms. The van der Waals surface area contributed by atoms with Crippen molar-refractivity contribution in [2.24, 2.45) is 0 Å². The average molecular weight is 262 g/mol. The van der Waals surface area contributed by atoms with Gasteiger partial charge in [0.2, 0.25) is 5.91 Å². The zero-order chi connectivity index (χ0) is 14.0. The minimum Gasteiger partial charge on any atom is -0.389 e. The predicted molar refractivity (Wildman–Crippen MR) is 69.5 cm³/mol. The molecule has 0 aliphatic carbocycles. The molecule has 0 radical (unpaired) electrons. The third-order valence-corrected chi connectivity index (χ3v) is 2.37. The zero-order valence-electron chi connectivity index (χ0n) is 11.8. The molecule has 0 rings (SSSR count). The van der Waals surface area contributed by atoms with Crippen LogP contribution in [0.4, 0.5) is 0 Å². The molecule has 6 heteroatoms. The summed E-state index contributed by atoms with van der Waals surface area (Å²) in [7, 11) is 5.06. The van der Waals surface area contributed by atoms with Crippen molar-refractivity contribution in [2.45, 2.75) is 25.6 Å². The number of aliphatic hydroxyl groups is 1. The van der Waals surface area contributed by atoms with Gasteiger partial charge in [0.15, 0.2) is 0 Å². The number of carbonyl (C=O) groups is 1. The maximum absolute atomic E-state index is 11.3. The van der Waals surface area contributed by atoms with Crippen LogP contribution in [-0.2, 0) is 14.3 Å². The first-order chi connectivity index (χ1) is 8.47. The Morgan fingerprint density at radius 1 is 1.39 bits per heavy atom. The van der Waals surface area contributed by atoms with Crippen LogP contribution >= 0.6 is 0 Å². The summed E-state index contributed by atoms with van der Waals surface area (Å²) in [4.78, 5) is 12.8. The molecular weight excluding hydrogens is 236 g/mol. The van der Waals surface area contributed by atoms with Crippen molar-refractivity contribution in [3.8, 4) is 0 Å². The Morgan fingerprint density at radius 3 is 2.61 bits per heavy atom. The SMILES string of the molecule is COCC(C)OCC(O)CNCCC(=O)N(C)C. The van der Waals surface area contributed by atoms with E-state index in [1.54, 1.807) is 26.1 Å². The monoisotopic (exact) mass is 262 g/mol. The van der Waals surface area contributed by atoms with Gasteiger partial charge in [-0.1, -0.05) is 0 Å². The number of hydrogen-bond donors (Lipinski definition) is 2. The van der Waals surface area contributed by atoms with Crippen LogP contribution in [0.3, 0.4) is 0 Å². The minimum atomic E-state index is -0.571. The fraction of sp³-hybridized carbons (Fsp3) is 0.917. The number of aliphatic hydroxyl groups excluding tert-OH is 1. The number of rotatable bonds is 10. The van der Waals surface area contributed by atoms with Gasteiger partial charge in [0.05, 0.1) is 25.4 Å². The number of nitrogens with zero attached hydrogens (tertiary/aromatic N) is 1. The summed E-state index contributed by atoms with van der Waals surface area (Å²) in [5, 5.41) is 12.6. The first-order valence-corrected chi connectivity index (χ1v) is 6.16. The molecule has 0 fully saturated rings. The maximum atomic E-state index is 11.3. The summed E-state index contributed by atoms with van der Waals surface area (Å²) in [5.74, 6) is 0.0713. The Morgan fingerprint density at radius 2 is 2.06 bits per heavy atom. The summed E-state index contributed by atoms with van der Waals surface area (Å²) in [6.07, 6.45) is -0.167. The Hall–Kier alpha value is -0.690. The molecule has 6 nitrogen and oxygen atoms in total. The van der Waals surface area contributed by atoms with E-state index in [0.29, 0.717) is 26.1 Å². The van der Waals surface area contributed by atoms with Crippen molar-refractivity contribution < 1.29 is 19.4 Å². The Bertz CT molecular complexity index is 224. The molecule has 2 N–H and O–H groups in total. The summed E-state index contributed by atoms with van der Waals surface area (Å²) < 4.78 is 10.3. The van der Waals surface area contributed by atoms with Crippen LogP contribution in [0, 0.1) is 0 Å². The van der Waals surface area contributed by atoms with Crippen LogP contribution in [0.15, 0.2) is 0 Å². The lowest BCUT2D eigenvalue weighted by Gasteiger charge is -2.16. The number of ether oxygens (including phenoxy) is 2. The Balaban J connectivity index is 3.47. The average Bonchev–Trinajstić information content (AvgIpc) is 2.32. The lowest BCUT2D eigenvalue weighted by Crippen LogP contribution is -2.34. The van der Waals surface area contributed by atoms with Crippen LogP contribution in [0.2, 0.25) is 0 Å². The molecule has 108 valence electrons. The third kappa shape index (κ3) is 9.35. The molecule has 0 aromatic heterocycles. The van der Waals surface area contributed by atoms with E-state index in [-0.39, 0.29) is 18.6 Å². The van der Waals surface area contributed by atoms with E-state index >= 15 is 0 Å². The van der Waals surface area contributed by atoms with Gasteiger partial charge in [-0.25, -0.2) is 0 Å². The summed E-state index contributed by atoms with van der Waals surface area (Å²) in [6, 6.07) is 0. The number of hydrogen-bond acceptors (Lipinski definition) is 5. The van der Waals surface area contributed by atoms with Gasteiger partial charge in [0.1, 0.15) is 0 Å². The molecule has 0 saturated heterocycles. The van der Waals surface area contributed by atoms with Gasteiger partial charge < -0.3 is 24.8 Å². The van der Waals surface area contributed by atoms with Crippen LogP contribution in [0.25, 0.3) is 0 Å². The van der Waals surface area contributed by atoms with Crippen molar-refractivity contribution >= 4 is 5.91 Å². The molecule has 0 aromatic carbocycles. The van der Waals surface area contributed by atoms with Crippen molar-refractivity contribution in [2.75, 3.05) is 47.5 Å². The highest BCUT2D eigenvalue weighted by molar-refractivity contribution is 5.75. The summed E-state index contributed by atoms with van der Waals surface area (Å²) >= 11 is 0. The van der Waals surface area contributed by atoms with Gasteiger partial charge in [-0.15, -0.1) is 0 Å². The third-order valence-electron chi connectivity index (χ3n) is 2.37. The van der Waals surface area contributed by atoms with E-state index in [0.717, 1.165) is 0 Å². The van der Waals surface area contributed by atoms with Crippen molar-refractivity contribution in [1.82, 2.24) is 10.2 Å². The quantitative estimate of drug-likeness (QED) is 0.518. The molecule has 0 aliphatic heterocycles. The smallest absolute Gasteiger partial charge is 0.223 e. The molecule has 0 bridgehead atoms. The number of amides is 1. The summed E-state index contributed by atoms with van der Waals surface area (Å²) in [5.41, 5.74) is 0. The van der Waals surface area contributed by atoms with E-state index in [1.165, 1.54) is 0 Å². The molecular formula is C12H26N2O4. The van der Waals surface area contributed by atoms with Crippen LogP contribution < -0.4 is 5.32 Å². The predicted octanol–water partition coefficient (Wildman–Crippen LogP) is -0.533. The highest BCUT2D eigenvalue weighted by atomic mass is 16.5. The second-order valence-electron chi connectivity index (χ2n) is 4.50. The number of nitrogens with one attached hydrogen (secondary N) is 1. The van der Waals surface area contributed by atoms with Gasteiger partial charge in [0, 0.05) is 40.7 Å². The largest absolute Gasteiger partial charge is 0.389 e. The highest BCUT2D eigenvalue weighted by Crippen LogP contribution is 1.93. The first-order valence-electron chi connectivity index (χ1n) is 6.16. The lowest BCUT2D eigenvalue weighted by atomic mass is 10.3. The topological polar surface area (TPSA) is 71.0 Å². The van der Waals surface area contributed by atoms with Gasteiger partial charge in [-0.3, -0.25) is 4.79 Å². The van der Waals surface area contributed by atoms with E-state index in [9.17, 15) is 9.90 Å². The van der Waals surface area contributed by atoms with Gasteiger partial charge >= 0.3 is 0 Å². The summed E-state index contributed by atoms with van der Waals surface area (Å²) in [6.45, 7) is 3.64. The number of methoxy groups -OCH3 is 1. The minimum absolute atomic E-state index is 0.0278. The van der Waals surface area contributed by atoms with Gasteiger partial charge in [-0.2, -0.15) is 0 Å². The van der Waals surface area contributed by atoms with Crippen LogP contribution in [0.1, 0.15) is 13.3 Å². The van der Waals surface area contributed by atoms with Crippen molar-refractivity contribution in [3.63, 3.8) is 0 Å². The van der Waals surface area contributed by atoms with E-state index in [4.69, 9.17) is 9.47 Å². The molecule has 0 spiro atoms. The lowest BCUT2D eigenvalue weighted by molar-refractivity contribution is -0.128. The molecule has 0 aliphatic rings. The van der Waals surface area contributed by atoms with Gasteiger partial charge in [-0.05, 0) is 6.92 Å². The van der Waals surface area contributed by atoms with Crippen molar-refractivity contribution in [3.05, 3.63) is 0 Å². The van der Waals surface area contributed by atoms with E-state index in [1.807, 2.05) is 6.92 Å². The Labute approximate surface area is 109 Å². The van der Waals surface area contributed by atoms with Gasteiger partial charge in [0.25, 0.3) is 0 Å². The van der Waals surface area contributed by atoms with Crippen LogP contribution in [-0.4, -0.2) is 75.6 Å². The molecule has 2 unspecified atom stereocenters. The first kappa shape index (κ1) is 17.3. The zero-order valence-corrected chi connectivity index (χ0v) is 11.8.